The highest BCUT2D eigenvalue weighted by molar-refractivity contribution is 5.84. The molecule has 0 radical (unpaired) electrons. The normalized spacial score (nSPS) is 26.9. The minimum atomic E-state index is -0.950. The Hall–Kier alpha value is -2.61. The average molecular weight is 470 g/mol. The number of fused-ring (bicyclic) bond motifs is 4. The van der Waals surface area contributed by atoms with Crippen molar-refractivity contribution in [3.63, 3.8) is 0 Å². The number of amides is 2. The quantitative estimate of drug-likeness (QED) is 0.729. The van der Waals surface area contributed by atoms with Gasteiger partial charge in [0.15, 0.2) is 0 Å². The van der Waals surface area contributed by atoms with Crippen LogP contribution in [-0.2, 0) is 19.7 Å². The molecule has 1 aromatic rings. The molecule has 4 aliphatic rings. The Morgan fingerprint density at radius 3 is 2.50 bits per heavy atom. The Labute approximate surface area is 200 Å². The minimum absolute atomic E-state index is 0.0324. The number of aliphatic carboxylic acids is 1. The van der Waals surface area contributed by atoms with E-state index in [1.807, 2.05) is 17.9 Å². The van der Waals surface area contributed by atoms with E-state index in [2.05, 4.69) is 23.1 Å². The Bertz CT molecular complexity index is 950. The van der Waals surface area contributed by atoms with E-state index in [1.54, 1.807) is 4.90 Å². The predicted molar refractivity (Wildman–Crippen MR) is 125 cm³/mol. The number of ether oxygens (including phenoxy) is 1. The summed E-state index contributed by atoms with van der Waals surface area (Å²) >= 11 is 0. The molecule has 0 aromatic heterocycles. The van der Waals surface area contributed by atoms with E-state index in [4.69, 9.17) is 4.74 Å². The van der Waals surface area contributed by atoms with Gasteiger partial charge in [0.05, 0.1) is 12.6 Å². The highest BCUT2D eigenvalue weighted by Crippen LogP contribution is 2.55. The molecule has 1 aromatic carbocycles. The van der Waals surface area contributed by atoms with Crippen LogP contribution in [0.15, 0.2) is 24.3 Å². The van der Waals surface area contributed by atoms with E-state index >= 15 is 0 Å². The fourth-order valence-corrected chi connectivity index (χ4v) is 7.07. The SMILES string of the molecule is CCOC(=O)N1CCC(N2CCC3(CC2)C[C@H]2CC(=O)N(CC(=O)O)[C@H]2c2ccccc23)CC1. The summed E-state index contributed by atoms with van der Waals surface area (Å²) in [4.78, 5) is 42.2. The van der Waals surface area contributed by atoms with Gasteiger partial charge in [0.25, 0.3) is 0 Å². The number of rotatable bonds is 4. The zero-order chi connectivity index (χ0) is 23.9. The Morgan fingerprint density at radius 1 is 1.12 bits per heavy atom. The van der Waals surface area contributed by atoms with Gasteiger partial charge in [-0.25, -0.2) is 4.79 Å². The summed E-state index contributed by atoms with van der Waals surface area (Å²) in [6, 6.07) is 8.80. The Balaban J connectivity index is 1.29. The molecule has 8 nitrogen and oxygen atoms in total. The van der Waals surface area contributed by atoms with E-state index in [0.717, 1.165) is 63.8 Å². The maximum Gasteiger partial charge on any atom is 0.409 e. The fourth-order valence-electron chi connectivity index (χ4n) is 7.07. The summed E-state index contributed by atoms with van der Waals surface area (Å²) in [7, 11) is 0. The van der Waals surface area contributed by atoms with Crippen LogP contribution in [0.3, 0.4) is 0 Å². The van der Waals surface area contributed by atoms with Gasteiger partial charge in [0, 0.05) is 25.6 Å². The number of carboxylic acids is 1. The third kappa shape index (κ3) is 4.06. The van der Waals surface area contributed by atoms with Gasteiger partial charge < -0.3 is 24.5 Å². The molecule has 3 aliphatic heterocycles. The summed E-state index contributed by atoms with van der Waals surface area (Å²) in [5, 5.41) is 9.37. The van der Waals surface area contributed by atoms with Gasteiger partial charge in [-0.05, 0) is 74.6 Å². The molecule has 5 rings (SSSR count). The van der Waals surface area contributed by atoms with Gasteiger partial charge in [-0.1, -0.05) is 24.3 Å². The molecule has 3 heterocycles. The van der Waals surface area contributed by atoms with Crippen molar-refractivity contribution in [3.05, 3.63) is 35.4 Å². The first-order valence-electron chi connectivity index (χ1n) is 12.7. The smallest absolute Gasteiger partial charge is 0.409 e. The van der Waals surface area contributed by atoms with Crippen molar-refractivity contribution >= 4 is 18.0 Å². The number of carbonyl (C=O) groups is 3. The maximum atomic E-state index is 12.7. The number of carbonyl (C=O) groups excluding carboxylic acids is 2. The highest BCUT2D eigenvalue weighted by Gasteiger charge is 2.52. The van der Waals surface area contributed by atoms with Gasteiger partial charge in [0.1, 0.15) is 6.54 Å². The molecule has 184 valence electrons. The number of nitrogens with zero attached hydrogens (tertiary/aromatic N) is 3. The van der Waals surface area contributed by atoms with E-state index in [-0.39, 0.29) is 35.9 Å². The molecule has 1 N–H and O–H groups in total. The van der Waals surface area contributed by atoms with Crippen molar-refractivity contribution in [3.8, 4) is 0 Å². The molecule has 3 fully saturated rings. The second-order valence-corrected chi connectivity index (χ2v) is 10.3. The lowest BCUT2D eigenvalue weighted by Crippen LogP contribution is -2.53. The first-order chi connectivity index (χ1) is 16.4. The third-order valence-electron chi connectivity index (χ3n) is 8.61. The van der Waals surface area contributed by atoms with Crippen molar-refractivity contribution < 1.29 is 24.2 Å². The van der Waals surface area contributed by atoms with Crippen LogP contribution in [-0.4, -0.2) is 83.1 Å². The molecule has 3 saturated heterocycles. The Morgan fingerprint density at radius 2 is 1.82 bits per heavy atom. The number of carboxylic acid groups (broad SMARTS) is 1. The molecule has 8 heteroatoms. The summed E-state index contributed by atoms with van der Waals surface area (Å²) < 4.78 is 5.15. The molecule has 0 saturated carbocycles. The van der Waals surface area contributed by atoms with Crippen LogP contribution in [0.4, 0.5) is 4.79 Å². The second-order valence-electron chi connectivity index (χ2n) is 10.3. The van der Waals surface area contributed by atoms with Crippen molar-refractivity contribution in [2.24, 2.45) is 5.92 Å². The van der Waals surface area contributed by atoms with E-state index < -0.39 is 5.97 Å². The van der Waals surface area contributed by atoms with Crippen LogP contribution in [0.5, 0.6) is 0 Å². The lowest BCUT2D eigenvalue weighted by Gasteiger charge is -2.51. The minimum Gasteiger partial charge on any atom is -0.480 e. The average Bonchev–Trinajstić information content (AvgIpc) is 3.14. The van der Waals surface area contributed by atoms with Crippen LogP contribution in [0.2, 0.25) is 0 Å². The third-order valence-corrected chi connectivity index (χ3v) is 8.61. The molecule has 0 bridgehead atoms. The predicted octanol–water partition coefficient (Wildman–Crippen LogP) is 3.02. The zero-order valence-corrected chi connectivity index (χ0v) is 19.9. The molecule has 2 atom stereocenters. The van der Waals surface area contributed by atoms with Crippen molar-refractivity contribution in [2.75, 3.05) is 39.3 Å². The van der Waals surface area contributed by atoms with Gasteiger partial charge >= 0.3 is 12.1 Å². The van der Waals surface area contributed by atoms with Gasteiger partial charge in [-0.2, -0.15) is 0 Å². The standard InChI is InChI=1S/C26H35N3O5/c1-2-34-25(33)28-11-7-19(8-12-28)27-13-9-26(10-14-27)16-18-15-22(30)29(17-23(31)32)24(18)20-5-3-4-6-21(20)26/h3-6,18-19,24H,2,7-17H2,1H3,(H,31,32)/t18-,24-/m1/s1. The van der Waals surface area contributed by atoms with Gasteiger partial charge in [-0.15, -0.1) is 0 Å². The van der Waals surface area contributed by atoms with Crippen molar-refractivity contribution in [1.29, 1.82) is 0 Å². The number of hydrogen-bond acceptors (Lipinski definition) is 5. The molecular formula is C26H35N3O5. The second kappa shape index (κ2) is 9.21. The largest absolute Gasteiger partial charge is 0.480 e. The monoisotopic (exact) mass is 469 g/mol. The van der Waals surface area contributed by atoms with Gasteiger partial charge in [0.2, 0.25) is 5.91 Å². The molecule has 2 amide bonds. The molecule has 34 heavy (non-hydrogen) atoms. The molecular weight excluding hydrogens is 434 g/mol. The maximum absolute atomic E-state index is 12.7. The summed E-state index contributed by atoms with van der Waals surface area (Å²) in [6.45, 7) is 5.56. The van der Waals surface area contributed by atoms with E-state index in [1.165, 1.54) is 5.56 Å². The van der Waals surface area contributed by atoms with E-state index in [0.29, 0.717) is 19.1 Å². The number of hydrogen-bond donors (Lipinski definition) is 1. The summed E-state index contributed by atoms with van der Waals surface area (Å²) in [5.41, 5.74) is 2.53. The van der Waals surface area contributed by atoms with Crippen LogP contribution >= 0.6 is 0 Å². The lowest BCUT2D eigenvalue weighted by atomic mass is 9.60. The zero-order valence-electron chi connectivity index (χ0n) is 19.9. The van der Waals surface area contributed by atoms with Crippen LogP contribution in [0.25, 0.3) is 0 Å². The molecule has 1 aliphatic carbocycles. The fraction of sp³-hybridized carbons (Fsp3) is 0.654. The highest BCUT2D eigenvalue weighted by atomic mass is 16.6. The number of benzene rings is 1. The van der Waals surface area contributed by atoms with Crippen molar-refractivity contribution in [2.45, 2.75) is 62.9 Å². The summed E-state index contributed by atoms with van der Waals surface area (Å²) in [6.07, 6.45) is 5.26. The first kappa shape index (κ1) is 23.1. The number of piperidine rings is 2. The van der Waals surface area contributed by atoms with Crippen LogP contribution in [0.1, 0.15) is 62.6 Å². The van der Waals surface area contributed by atoms with Gasteiger partial charge in [-0.3, -0.25) is 9.59 Å². The van der Waals surface area contributed by atoms with Crippen LogP contribution < -0.4 is 0 Å². The van der Waals surface area contributed by atoms with E-state index in [9.17, 15) is 19.5 Å². The summed E-state index contributed by atoms with van der Waals surface area (Å²) in [5.74, 6) is -0.801. The van der Waals surface area contributed by atoms with Crippen molar-refractivity contribution in [1.82, 2.24) is 14.7 Å². The number of likely N-dealkylation sites (tertiary alicyclic amines) is 3. The first-order valence-corrected chi connectivity index (χ1v) is 12.7. The van der Waals surface area contributed by atoms with Crippen LogP contribution in [0, 0.1) is 5.92 Å². The molecule has 1 spiro atoms. The topological polar surface area (TPSA) is 90.4 Å². The molecule has 0 unspecified atom stereocenters. The lowest BCUT2D eigenvalue weighted by molar-refractivity contribution is -0.144. The Kier molecular flexibility index (Phi) is 6.27.